The second-order valence-electron chi connectivity index (χ2n) is 5.42. The van der Waals surface area contributed by atoms with Crippen LogP contribution in [0.2, 0.25) is 0 Å². The summed E-state index contributed by atoms with van der Waals surface area (Å²) in [5.74, 6) is 0.323. The summed E-state index contributed by atoms with van der Waals surface area (Å²) in [5.41, 5.74) is 2.23. The summed E-state index contributed by atoms with van der Waals surface area (Å²) in [6.07, 6.45) is 0.993. The fourth-order valence-electron chi connectivity index (χ4n) is 2.12. The van der Waals surface area contributed by atoms with Gasteiger partial charge in [-0.2, -0.15) is 0 Å². The number of carbonyl (C=O) groups excluding carboxylic acids is 1. The van der Waals surface area contributed by atoms with Gasteiger partial charge in [0.15, 0.2) is 0 Å². The third-order valence-electron chi connectivity index (χ3n) is 3.47. The molecule has 0 bridgehead atoms. The van der Waals surface area contributed by atoms with Crippen LogP contribution < -0.4 is 10.6 Å². The summed E-state index contributed by atoms with van der Waals surface area (Å²) in [7, 11) is 1.91. The van der Waals surface area contributed by atoms with E-state index in [-0.39, 0.29) is 17.2 Å². The van der Waals surface area contributed by atoms with E-state index in [9.17, 15) is 4.79 Å². The van der Waals surface area contributed by atoms with E-state index in [4.69, 9.17) is 0 Å². The Morgan fingerprint density at radius 3 is 2.65 bits per heavy atom. The summed E-state index contributed by atoms with van der Waals surface area (Å²) in [6.45, 7) is 5.04. The first-order valence-corrected chi connectivity index (χ1v) is 6.08. The van der Waals surface area contributed by atoms with Gasteiger partial charge in [-0.25, -0.2) is 0 Å². The van der Waals surface area contributed by atoms with Gasteiger partial charge < -0.3 is 10.6 Å². The zero-order chi connectivity index (χ0) is 12.5. The predicted octanol–water partition coefficient (Wildman–Crippen LogP) is 2.39. The first-order valence-electron chi connectivity index (χ1n) is 6.08. The lowest BCUT2D eigenvalue weighted by molar-refractivity contribution is -0.118. The average Bonchev–Trinajstić information content (AvgIpc) is 2.91. The van der Waals surface area contributed by atoms with E-state index in [0.29, 0.717) is 0 Å². The maximum absolute atomic E-state index is 12.0. The monoisotopic (exact) mass is 232 g/mol. The molecule has 1 aromatic carbocycles. The molecule has 1 amide bonds. The Labute approximate surface area is 103 Å². The van der Waals surface area contributed by atoms with Crippen molar-refractivity contribution >= 4 is 11.6 Å². The first kappa shape index (κ1) is 12.1. The number of para-hydroxylation sites is 1. The highest BCUT2D eigenvalue weighted by molar-refractivity contribution is 5.95. The standard InChI is InChI=1S/C14H20N2O/c1-14(2)8-11(14)13(17)16-12-7-5-4-6-10(12)9-15-3/h4-7,11,15H,8-9H2,1-3H3,(H,16,17). The first-order chi connectivity index (χ1) is 8.04. The minimum Gasteiger partial charge on any atom is -0.326 e. The maximum Gasteiger partial charge on any atom is 0.228 e. The second-order valence-corrected chi connectivity index (χ2v) is 5.42. The molecule has 1 fully saturated rings. The number of anilines is 1. The molecule has 0 spiro atoms. The molecule has 17 heavy (non-hydrogen) atoms. The molecule has 1 aliphatic rings. The van der Waals surface area contributed by atoms with Gasteiger partial charge in [0, 0.05) is 18.2 Å². The van der Waals surface area contributed by atoms with Crippen LogP contribution in [0.3, 0.4) is 0 Å². The van der Waals surface area contributed by atoms with Gasteiger partial charge in [0.25, 0.3) is 0 Å². The van der Waals surface area contributed by atoms with E-state index in [1.165, 1.54) is 0 Å². The van der Waals surface area contributed by atoms with Crippen molar-refractivity contribution in [3.05, 3.63) is 29.8 Å². The van der Waals surface area contributed by atoms with Crippen LogP contribution in [0.5, 0.6) is 0 Å². The number of rotatable bonds is 4. The molecule has 92 valence electrons. The Balaban J connectivity index is 2.06. The van der Waals surface area contributed by atoms with Gasteiger partial charge in [0.05, 0.1) is 0 Å². The summed E-state index contributed by atoms with van der Waals surface area (Å²) >= 11 is 0. The molecule has 0 heterocycles. The third kappa shape index (κ3) is 2.67. The smallest absolute Gasteiger partial charge is 0.228 e. The Morgan fingerprint density at radius 2 is 2.06 bits per heavy atom. The molecule has 0 aromatic heterocycles. The lowest BCUT2D eigenvalue weighted by Gasteiger charge is -2.11. The van der Waals surface area contributed by atoms with Crippen LogP contribution in [0.15, 0.2) is 24.3 Å². The van der Waals surface area contributed by atoms with Crippen molar-refractivity contribution in [2.24, 2.45) is 11.3 Å². The largest absolute Gasteiger partial charge is 0.326 e. The minimum absolute atomic E-state index is 0.151. The second kappa shape index (κ2) is 4.49. The molecule has 1 aromatic rings. The quantitative estimate of drug-likeness (QED) is 0.837. The van der Waals surface area contributed by atoms with Crippen molar-refractivity contribution in [2.75, 3.05) is 12.4 Å². The normalized spacial score (nSPS) is 21.0. The van der Waals surface area contributed by atoms with Crippen molar-refractivity contribution in [2.45, 2.75) is 26.8 Å². The van der Waals surface area contributed by atoms with Gasteiger partial charge >= 0.3 is 0 Å². The SMILES string of the molecule is CNCc1ccccc1NC(=O)C1CC1(C)C. The summed E-state index contributed by atoms with van der Waals surface area (Å²) in [5, 5.41) is 6.14. The molecular formula is C14H20N2O. The third-order valence-corrected chi connectivity index (χ3v) is 3.47. The zero-order valence-electron chi connectivity index (χ0n) is 10.7. The van der Waals surface area contributed by atoms with Crippen LogP contribution >= 0.6 is 0 Å². The lowest BCUT2D eigenvalue weighted by Crippen LogP contribution is -2.18. The van der Waals surface area contributed by atoms with Crippen LogP contribution in [-0.4, -0.2) is 13.0 Å². The van der Waals surface area contributed by atoms with E-state index in [0.717, 1.165) is 24.2 Å². The number of hydrogen-bond donors (Lipinski definition) is 2. The molecule has 1 aliphatic carbocycles. The van der Waals surface area contributed by atoms with Gasteiger partial charge in [0.1, 0.15) is 0 Å². The molecule has 0 radical (unpaired) electrons. The van der Waals surface area contributed by atoms with Crippen LogP contribution in [-0.2, 0) is 11.3 Å². The van der Waals surface area contributed by atoms with Gasteiger partial charge in [-0.3, -0.25) is 4.79 Å². The zero-order valence-corrected chi connectivity index (χ0v) is 10.7. The molecule has 2 N–H and O–H groups in total. The Bertz CT molecular complexity index is 426. The van der Waals surface area contributed by atoms with Crippen LogP contribution in [0, 0.1) is 11.3 Å². The van der Waals surface area contributed by atoms with Crippen LogP contribution in [0.4, 0.5) is 5.69 Å². The topological polar surface area (TPSA) is 41.1 Å². The molecule has 0 aliphatic heterocycles. The van der Waals surface area contributed by atoms with E-state index in [1.54, 1.807) is 0 Å². The molecule has 3 heteroatoms. The van der Waals surface area contributed by atoms with Crippen molar-refractivity contribution in [3.8, 4) is 0 Å². The number of amides is 1. The lowest BCUT2D eigenvalue weighted by atomic mass is 10.1. The molecular weight excluding hydrogens is 212 g/mol. The fourth-order valence-corrected chi connectivity index (χ4v) is 2.12. The van der Waals surface area contributed by atoms with Gasteiger partial charge in [-0.15, -0.1) is 0 Å². The maximum atomic E-state index is 12.0. The molecule has 1 saturated carbocycles. The molecule has 1 atom stereocenters. The highest BCUT2D eigenvalue weighted by Crippen LogP contribution is 2.52. The summed E-state index contributed by atoms with van der Waals surface area (Å²) < 4.78 is 0. The van der Waals surface area contributed by atoms with Gasteiger partial charge in [0.2, 0.25) is 5.91 Å². The average molecular weight is 232 g/mol. The van der Waals surface area contributed by atoms with Crippen molar-refractivity contribution in [1.29, 1.82) is 0 Å². The molecule has 2 rings (SSSR count). The highest BCUT2D eigenvalue weighted by atomic mass is 16.2. The van der Waals surface area contributed by atoms with Crippen molar-refractivity contribution in [3.63, 3.8) is 0 Å². The molecule has 3 nitrogen and oxygen atoms in total. The van der Waals surface area contributed by atoms with E-state index in [1.807, 2.05) is 31.3 Å². The van der Waals surface area contributed by atoms with Crippen LogP contribution in [0.1, 0.15) is 25.8 Å². The minimum atomic E-state index is 0.151. The number of hydrogen-bond acceptors (Lipinski definition) is 2. The summed E-state index contributed by atoms with van der Waals surface area (Å²) in [6, 6.07) is 7.93. The van der Waals surface area contributed by atoms with E-state index in [2.05, 4.69) is 24.5 Å². The predicted molar refractivity (Wildman–Crippen MR) is 69.7 cm³/mol. The molecule has 1 unspecified atom stereocenters. The number of benzene rings is 1. The van der Waals surface area contributed by atoms with E-state index >= 15 is 0 Å². The van der Waals surface area contributed by atoms with Crippen molar-refractivity contribution < 1.29 is 4.79 Å². The Kier molecular flexibility index (Phi) is 3.20. The van der Waals surface area contributed by atoms with Gasteiger partial charge in [-0.1, -0.05) is 32.0 Å². The van der Waals surface area contributed by atoms with Crippen LogP contribution in [0.25, 0.3) is 0 Å². The molecule has 0 saturated heterocycles. The number of nitrogens with one attached hydrogen (secondary N) is 2. The summed E-state index contributed by atoms with van der Waals surface area (Å²) in [4.78, 5) is 12.0. The van der Waals surface area contributed by atoms with Gasteiger partial charge in [-0.05, 0) is 30.5 Å². The Morgan fingerprint density at radius 1 is 1.41 bits per heavy atom. The Hall–Kier alpha value is -1.35. The highest BCUT2D eigenvalue weighted by Gasteiger charge is 2.50. The van der Waals surface area contributed by atoms with E-state index < -0.39 is 0 Å². The number of carbonyl (C=O) groups is 1. The fraction of sp³-hybridized carbons (Fsp3) is 0.500. The van der Waals surface area contributed by atoms with Crippen molar-refractivity contribution in [1.82, 2.24) is 5.32 Å².